The van der Waals surface area contributed by atoms with E-state index < -0.39 is 0 Å². The van der Waals surface area contributed by atoms with E-state index in [0.717, 1.165) is 24.7 Å². The molecule has 0 saturated heterocycles. The maximum Gasteiger partial charge on any atom is 0.330 e. The Hall–Kier alpha value is -0.130. The normalized spacial score (nSPS) is 11.4. The summed E-state index contributed by atoms with van der Waals surface area (Å²) in [6.45, 7) is 12.2. The van der Waals surface area contributed by atoms with Crippen LogP contribution >= 0.6 is 23.5 Å². The molecule has 0 unspecified atom stereocenters. The summed E-state index contributed by atoms with van der Waals surface area (Å²) in [7, 11) is 0. The van der Waals surface area contributed by atoms with Crippen molar-refractivity contribution < 1.29 is 14.3 Å². The van der Waals surface area contributed by atoms with Crippen LogP contribution in [0.5, 0.6) is 0 Å². The summed E-state index contributed by atoms with van der Waals surface area (Å²) < 4.78 is 10.8. The molecule has 0 aromatic carbocycles. The van der Waals surface area contributed by atoms with Crippen molar-refractivity contribution in [3.05, 3.63) is 12.7 Å². The Labute approximate surface area is 151 Å². The molecule has 0 aliphatic rings. The lowest BCUT2D eigenvalue weighted by molar-refractivity contribution is -0.137. The Balaban J connectivity index is 3.41. The van der Waals surface area contributed by atoms with Gasteiger partial charge < -0.3 is 9.47 Å². The second-order valence-electron chi connectivity index (χ2n) is 5.85. The molecule has 0 aliphatic heterocycles. The number of esters is 1. The van der Waals surface area contributed by atoms with Crippen LogP contribution < -0.4 is 0 Å². The summed E-state index contributed by atoms with van der Waals surface area (Å²) in [5.74, 6) is 1.46. The van der Waals surface area contributed by atoms with Gasteiger partial charge in [-0.1, -0.05) is 45.6 Å². The fourth-order valence-electron chi connectivity index (χ4n) is 1.96. The molecule has 23 heavy (non-hydrogen) atoms. The Kier molecular flexibility index (Phi) is 15.3. The van der Waals surface area contributed by atoms with Gasteiger partial charge in [0.1, 0.15) is 6.61 Å². The van der Waals surface area contributed by atoms with Crippen molar-refractivity contribution >= 4 is 29.5 Å². The topological polar surface area (TPSA) is 35.5 Å². The smallest absolute Gasteiger partial charge is 0.330 e. The summed E-state index contributed by atoms with van der Waals surface area (Å²) in [6, 6.07) is 0. The number of unbranched alkanes of at least 4 members (excludes halogenated alkanes) is 5. The second-order valence-corrected chi connectivity index (χ2v) is 9.54. The van der Waals surface area contributed by atoms with E-state index in [2.05, 4.69) is 27.4 Å². The van der Waals surface area contributed by atoms with Crippen molar-refractivity contribution in [1.82, 2.24) is 0 Å². The number of carbonyl (C=O) groups is 1. The Bertz CT molecular complexity index is 307. The summed E-state index contributed by atoms with van der Waals surface area (Å²) in [6.07, 6.45) is 9.03. The third kappa shape index (κ3) is 16.5. The molecule has 136 valence electrons. The van der Waals surface area contributed by atoms with E-state index in [4.69, 9.17) is 9.47 Å². The predicted molar refractivity (Wildman–Crippen MR) is 104 cm³/mol. The van der Waals surface area contributed by atoms with Gasteiger partial charge in [0, 0.05) is 24.2 Å². The number of rotatable bonds is 16. The van der Waals surface area contributed by atoms with Crippen LogP contribution in [0.25, 0.3) is 0 Å². The van der Waals surface area contributed by atoms with E-state index in [-0.39, 0.29) is 10.0 Å². The quantitative estimate of drug-likeness (QED) is 0.161. The van der Waals surface area contributed by atoms with Crippen LogP contribution in [-0.4, -0.2) is 41.4 Å². The second kappa shape index (κ2) is 15.4. The molecule has 3 nitrogen and oxygen atoms in total. The molecule has 5 heteroatoms. The lowest BCUT2D eigenvalue weighted by Crippen LogP contribution is -2.15. The van der Waals surface area contributed by atoms with Gasteiger partial charge in [-0.25, -0.2) is 4.79 Å². The zero-order chi connectivity index (χ0) is 17.4. The fourth-order valence-corrected chi connectivity index (χ4v) is 4.15. The first-order chi connectivity index (χ1) is 11.0. The van der Waals surface area contributed by atoms with E-state index in [9.17, 15) is 4.79 Å². The van der Waals surface area contributed by atoms with Gasteiger partial charge in [0.05, 0.1) is 10.7 Å². The molecular formula is C18H34O3S2. The number of carbonyl (C=O) groups excluding carboxylic acids is 1. The van der Waals surface area contributed by atoms with E-state index >= 15 is 0 Å². The van der Waals surface area contributed by atoms with Gasteiger partial charge in [-0.15, -0.1) is 23.5 Å². The highest BCUT2D eigenvalue weighted by molar-refractivity contribution is 8.18. The van der Waals surface area contributed by atoms with Gasteiger partial charge in [-0.3, -0.25) is 0 Å². The van der Waals surface area contributed by atoms with Crippen LogP contribution in [0.2, 0.25) is 0 Å². The minimum absolute atomic E-state index is 0.115. The van der Waals surface area contributed by atoms with Crippen molar-refractivity contribution in [2.45, 2.75) is 63.4 Å². The molecule has 0 rings (SSSR count). The molecule has 0 amide bonds. The summed E-state index contributed by atoms with van der Waals surface area (Å²) in [4.78, 5) is 10.9. The zero-order valence-corrected chi connectivity index (χ0v) is 16.7. The van der Waals surface area contributed by atoms with Crippen LogP contribution in [0.4, 0.5) is 0 Å². The van der Waals surface area contributed by atoms with Gasteiger partial charge in [0.2, 0.25) is 0 Å². The molecule has 0 bridgehead atoms. The van der Waals surface area contributed by atoms with Crippen molar-refractivity contribution in [1.29, 1.82) is 0 Å². The molecule has 0 radical (unpaired) electrons. The summed E-state index contributed by atoms with van der Waals surface area (Å²) >= 11 is 3.70. The van der Waals surface area contributed by atoms with Crippen LogP contribution in [0.1, 0.15) is 59.3 Å². The number of hydrogen-bond acceptors (Lipinski definition) is 5. The average molecular weight is 363 g/mol. The minimum Gasteiger partial charge on any atom is -0.462 e. The van der Waals surface area contributed by atoms with Crippen molar-refractivity contribution in [2.24, 2.45) is 0 Å². The maximum absolute atomic E-state index is 10.9. The van der Waals surface area contributed by atoms with Gasteiger partial charge in [-0.2, -0.15) is 0 Å². The highest BCUT2D eigenvalue weighted by Gasteiger charge is 2.18. The number of ether oxygens (including phenoxy) is 2. The van der Waals surface area contributed by atoms with E-state index in [0.29, 0.717) is 6.61 Å². The lowest BCUT2D eigenvalue weighted by atomic mass is 10.1. The third-order valence-electron chi connectivity index (χ3n) is 3.26. The Morgan fingerprint density at radius 3 is 2.26 bits per heavy atom. The minimum atomic E-state index is -0.348. The van der Waals surface area contributed by atoms with Crippen LogP contribution in [-0.2, 0) is 14.3 Å². The fraction of sp³-hybridized carbons (Fsp3) is 0.833. The summed E-state index contributed by atoms with van der Waals surface area (Å²) in [5, 5.41) is 0. The summed E-state index contributed by atoms with van der Waals surface area (Å²) in [5.41, 5.74) is 0. The van der Waals surface area contributed by atoms with Gasteiger partial charge in [0.25, 0.3) is 0 Å². The first-order valence-electron chi connectivity index (χ1n) is 8.66. The number of hydrogen-bond donors (Lipinski definition) is 0. The Morgan fingerprint density at radius 2 is 1.61 bits per heavy atom. The first kappa shape index (κ1) is 22.9. The average Bonchev–Trinajstić information content (AvgIpc) is 2.53. The van der Waals surface area contributed by atoms with Crippen molar-refractivity contribution in [3.63, 3.8) is 0 Å². The predicted octanol–water partition coefficient (Wildman–Crippen LogP) is 5.30. The monoisotopic (exact) mass is 362 g/mol. The largest absolute Gasteiger partial charge is 0.462 e. The molecule has 0 aromatic rings. The van der Waals surface area contributed by atoms with Gasteiger partial charge in [0.15, 0.2) is 0 Å². The van der Waals surface area contributed by atoms with E-state index in [1.54, 1.807) is 11.8 Å². The first-order valence-corrected chi connectivity index (χ1v) is 10.6. The highest BCUT2D eigenvalue weighted by atomic mass is 32.2. The Morgan fingerprint density at radius 1 is 1.00 bits per heavy atom. The van der Waals surface area contributed by atoms with E-state index in [1.807, 2.05) is 11.8 Å². The van der Waals surface area contributed by atoms with Crippen LogP contribution in [0, 0.1) is 0 Å². The third-order valence-corrected chi connectivity index (χ3v) is 6.10. The SMILES string of the molecule is C=CC(=O)OCCSC(C)(C)SCCOCCCCCCCC. The molecule has 0 saturated carbocycles. The molecule has 0 aliphatic carbocycles. The lowest BCUT2D eigenvalue weighted by Gasteiger charge is -2.23. The number of thioether (sulfide) groups is 2. The highest BCUT2D eigenvalue weighted by Crippen LogP contribution is 2.35. The van der Waals surface area contributed by atoms with Gasteiger partial charge in [-0.05, 0) is 20.3 Å². The molecule has 0 N–H and O–H groups in total. The molecule has 0 heterocycles. The molecule has 0 atom stereocenters. The van der Waals surface area contributed by atoms with Crippen molar-refractivity contribution in [3.8, 4) is 0 Å². The molecule has 0 aromatic heterocycles. The molecule has 0 fully saturated rings. The van der Waals surface area contributed by atoms with Crippen molar-refractivity contribution in [2.75, 3.05) is 31.3 Å². The molecular weight excluding hydrogens is 328 g/mol. The maximum atomic E-state index is 10.9. The van der Waals surface area contributed by atoms with Crippen LogP contribution in [0.3, 0.4) is 0 Å². The van der Waals surface area contributed by atoms with Crippen LogP contribution in [0.15, 0.2) is 12.7 Å². The molecule has 0 spiro atoms. The zero-order valence-electron chi connectivity index (χ0n) is 15.1. The standard InChI is InChI=1S/C18H34O3S2/c1-5-7-8-9-10-11-12-20-13-15-22-18(3,4)23-16-14-21-17(19)6-2/h6H,2,5,7-16H2,1,3-4H3. The van der Waals surface area contributed by atoms with Gasteiger partial charge >= 0.3 is 5.97 Å². The van der Waals surface area contributed by atoms with E-state index in [1.165, 1.54) is 44.6 Å².